The molecule has 1 aromatic rings. The highest BCUT2D eigenvalue weighted by atomic mass is 16.5. The quantitative estimate of drug-likeness (QED) is 0.769. The van der Waals surface area contributed by atoms with E-state index in [4.69, 9.17) is 15.2 Å². The van der Waals surface area contributed by atoms with Crippen molar-refractivity contribution in [1.82, 2.24) is 4.98 Å². The van der Waals surface area contributed by atoms with Crippen LogP contribution >= 0.6 is 0 Å². The zero-order chi connectivity index (χ0) is 13.6. The molecule has 0 atom stereocenters. The van der Waals surface area contributed by atoms with Crippen LogP contribution in [0.2, 0.25) is 0 Å². The van der Waals surface area contributed by atoms with E-state index in [0.29, 0.717) is 12.3 Å². The summed E-state index contributed by atoms with van der Waals surface area (Å²) in [6.45, 7) is 4.37. The molecule has 100 valence electrons. The number of esters is 1. The molecule has 1 aromatic heterocycles. The van der Waals surface area contributed by atoms with Crippen molar-refractivity contribution in [1.29, 1.82) is 0 Å². The normalized spacial score (nSPS) is 11.1. The first-order chi connectivity index (χ1) is 8.49. The molecule has 0 saturated heterocycles. The van der Waals surface area contributed by atoms with Crippen molar-refractivity contribution in [2.45, 2.75) is 20.3 Å². The van der Waals surface area contributed by atoms with E-state index in [1.54, 1.807) is 20.0 Å². The Labute approximate surface area is 107 Å². The van der Waals surface area contributed by atoms with Gasteiger partial charge in [0, 0.05) is 12.1 Å². The summed E-state index contributed by atoms with van der Waals surface area (Å²) in [6.07, 6.45) is 2.38. The van der Waals surface area contributed by atoms with Crippen molar-refractivity contribution in [3.05, 3.63) is 24.0 Å². The van der Waals surface area contributed by atoms with Crippen LogP contribution in [0.3, 0.4) is 0 Å². The fourth-order valence-electron chi connectivity index (χ4n) is 1.39. The molecule has 18 heavy (non-hydrogen) atoms. The van der Waals surface area contributed by atoms with E-state index in [-0.39, 0.29) is 12.6 Å². The number of ether oxygens (including phenoxy) is 2. The van der Waals surface area contributed by atoms with Crippen molar-refractivity contribution >= 4 is 5.97 Å². The minimum atomic E-state index is -0.676. The molecule has 0 spiro atoms. The van der Waals surface area contributed by atoms with Gasteiger partial charge in [-0.3, -0.25) is 9.78 Å². The summed E-state index contributed by atoms with van der Waals surface area (Å²) < 4.78 is 10.2. The highest BCUT2D eigenvalue weighted by molar-refractivity contribution is 5.75. The molecule has 0 amide bonds. The first kappa shape index (κ1) is 14.4. The summed E-state index contributed by atoms with van der Waals surface area (Å²) in [5.41, 5.74) is 5.69. The van der Waals surface area contributed by atoms with E-state index in [1.807, 2.05) is 12.1 Å². The number of hydrogen-bond donors (Lipinski definition) is 1. The van der Waals surface area contributed by atoms with Gasteiger partial charge in [-0.05, 0) is 32.5 Å². The topological polar surface area (TPSA) is 74.4 Å². The average molecular weight is 252 g/mol. The lowest BCUT2D eigenvalue weighted by molar-refractivity contribution is -0.152. The lowest BCUT2D eigenvalue weighted by Gasteiger charge is -2.21. The average Bonchev–Trinajstić information content (AvgIpc) is 2.37. The number of carbonyl (C=O) groups excluding carboxylic acids is 1. The number of hydrogen-bond acceptors (Lipinski definition) is 5. The summed E-state index contributed by atoms with van der Waals surface area (Å²) >= 11 is 0. The molecule has 5 heteroatoms. The standard InChI is InChI=1S/C13H20N2O3/c1-13(2,12(16)17-3)9-18-11-5-4-10(6-7-14)15-8-11/h4-5,8H,6-7,9,14H2,1-3H3. The van der Waals surface area contributed by atoms with Crippen LogP contribution in [-0.4, -0.2) is 31.2 Å². The lowest BCUT2D eigenvalue weighted by atomic mass is 9.95. The number of methoxy groups -OCH3 is 1. The molecule has 0 aromatic carbocycles. The highest BCUT2D eigenvalue weighted by Crippen LogP contribution is 2.19. The maximum Gasteiger partial charge on any atom is 0.314 e. The fraction of sp³-hybridized carbons (Fsp3) is 0.538. The second kappa shape index (κ2) is 6.35. The maximum absolute atomic E-state index is 11.5. The van der Waals surface area contributed by atoms with Gasteiger partial charge in [-0.15, -0.1) is 0 Å². The van der Waals surface area contributed by atoms with E-state index in [0.717, 1.165) is 12.1 Å². The fourth-order valence-corrected chi connectivity index (χ4v) is 1.39. The third-order valence-corrected chi connectivity index (χ3v) is 2.54. The second-order valence-corrected chi connectivity index (χ2v) is 4.69. The van der Waals surface area contributed by atoms with E-state index in [1.165, 1.54) is 7.11 Å². The van der Waals surface area contributed by atoms with Gasteiger partial charge >= 0.3 is 5.97 Å². The van der Waals surface area contributed by atoms with Crippen LogP contribution < -0.4 is 10.5 Å². The van der Waals surface area contributed by atoms with E-state index >= 15 is 0 Å². The third-order valence-electron chi connectivity index (χ3n) is 2.54. The number of carbonyl (C=O) groups is 1. The Morgan fingerprint density at radius 2 is 2.17 bits per heavy atom. The summed E-state index contributed by atoms with van der Waals surface area (Å²) in [7, 11) is 1.37. The van der Waals surface area contributed by atoms with Gasteiger partial charge < -0.3 is 15.2 Å². The predicted molar refractivity (Wildman–Crippen MR) is 68.3 cm³/mol. The Hall–Kier alpha value is -1.62. The van der Waals surface area contributed by atoms with Gasteiger partial charge in [-0.2, -0.15) is 0 Å². The van der Waals surface area contributed by atoms with Crippen LogP contribution in [0.5, 0.6) is 5.75 Å². The first-order valence-corrected chi connectivity index (χ1v) is 5.86. The number of rotatable bonds is 6. The van der Waals surface area contributed by atoms with Gasteiger partial charge in [-0.1, -0.05) is 0 Å². The van der Waals surface area contributed by atoms with E-state index in [9.17, 15) is 4.79 Å². The first-order valence-electron chi connectivity index (χ1n) is 5.86. The number of aromatic nitrogens is 1. The number of pyridine rings is 1. The highest BCUT2D eigenvalue weighted by Gasteiger charge is 2.29. The monoisotopic (exact) mass is 252 g/mol. The molecule has 0 aliphatic heterocycles. The van der Waals surface area contributed by atoms with Gasteiger partial charge in [0.25, 0.3) is 0 Å². The minimum Gasteiger partial charge on any atom is -0.491 e. The summed E-state index contributed by atoms with van der Waals surface area (Å²) in [4.78, 5) is 15.7. The predicted octanol–water partition coefficient (Wildman–Crippen LogP) is 1.16. The van der Waals surface area contributed by atoms with Gasteiger partial charge in [0.2, 0.25) is 0 Å². The second-order valence-electron chi connectivity index (χ2n) is 4.69. The van der Waals surface area contributed by atoms with Gasteiger partial charge in [-0.25, -0.2) is 0 Å². The van der Waals surface area contributed by atoms with Crippen LogP contribution in [0.4, 0.5) is 0 Å². The van der Waals surface area contributed by atoms with Crippen LogP contribution in [0, 0.1) is 5.41 Å². The van der Waals surface area contributed by atoms with Gasteiger partial charge in [0.15, 0.2) is 0 Å². The number of nitrogens with zero attached hydrogens (tertiary/aromatic N) is 1. The van der Waals surface area contributed by atoms with Gasteiger partial charge in [0.05, 0.1) is 18.7 Å². The molecule has 0 unspecified atom stereocenters. The van der Waals surface area contributed by atoms with Crippen molar-refractivity contribution in [3.8, 4) is 5.75 Å². The largest absolute Gasteiger partial charge is 0.491 e. The van der Waals surface area contributed by atoms with Crippen LogP contribution in [0.15, 0.2) is 18.3 Å². The zero-order valence-corrected chi connectivity index (χ0v) is 11.1. The Morgan fingerprint density at radius 1 is 1.44 bits per heavy atom. The van der Waals surface area contributed by atoms with Crippen molar-refractivity contribution < 1.29 is 14.3 Å². The smallest absolute Gasteiger partial charge is 0.314 e. The molecule has 0 saturated carbocycles. The van der Waals surface area contributed by atoms with Crippen LogP contribution in [0.1, 0.15) is 19.5 Å². The van der Waals surface area contributed by atoms with Crippen molar-refractivity contribution in [3.63, 3.8) is 0 Å². The molecule has 1 heterocycles. The molecule has 0 bridgehead atoms. The maximum atomic E-state index is 11.5. The summed E-state index contributed by atoms with van der Waals surface area (Å²) in [5, 5.41) is 0. The van der Waals surface area contributed by atoms with E-state index < -0.39 is 5.41 Å². The SMILES string of the molecule is COC(=O)C(C)(C)COc1ccc(CCN)nc1. The Bertz CT molecular complexity index is 388. The van der Waals surface area contributed by atoms with Crippen molar-refractivity contribution in [2.75, 3.05) is 20.3 Å². The van der Waals surface area contributed by atoms with E-state index in [2.05, 4.69) is 4.98 Å². The molecule has 0 aliphatic carbocycles. The zero-order valence-electron chi connectivity index (χ0n) is 11.1. The Balaban J connectivity index is 2.55. The molecule has 0 aliphatic rings. The molecule has 1 rings (SSSR count). The molecule has 2 N–H and O–H groups in total. The third kappa shape index (κ3) is 4.00. The van der Waals surface area contributed by atoms with Crippen molar-refractivity contribution in [2.24, 2.45) is 11.1 Å². The molecule has 5 nitrogen and oxygen atoms in total. The lowest BCUT2D eigenvalue weighted by Crippen LogP contribution is -2.32. The molecular weight excluding hydrogens is 232 g/mol. The van der Waals surface area contributed by atoms with Crippen LogP contribution in [0.25, 0.3) is 0 Å². The Morgan fingerprint density at radius 3 is 2.67 bits per heavy atom. The minimum absolute atomic E-state index is 0.248. The summed E-state index contributed by atoms with van der Waals surface area (Å²) in [5.74, 6) is 0.336. The van der Waals surface area contributed by atoms with Gasteiger partial charge in [0.1, 0.15) is 12.4 Å². The van der Waals surface area contributed by atoms with Crippen LogP contribution in [-0.2, 0) is 16.0 Å². The number of nitrogens with two attached hydrogens (primary N) is 1. The summed E-state index contributed by atoms with van der Waals surface area (Å²) in [6, 6.07) is 3.69. The molecule has 0 radical (unpaired) electrons. The Kier molecular flexibility index (Phi) is 5.09. The molecular formula is C13H20N2O3. The molecule has 0 fully saturated rings.